The molecule has 1 atom stereocenters. The predicted molar refractivity (Wildman–Crippen MR) is 263 cm³/mol. The summed E-state index contributed by atoms with van der Waals surface area (Å²) in [4.78, 5) is 104. The van der Waals surface area contributed by atoms with E-state index in [1.807, 2.05) is 0 Å². The highest BCUT2D eigenvalue weighted by Crippen LogP contribution is 2.22. The van der Waals surface area contributed by atoms with E-state index in [0.29, 0.717) is 5.56 Å². The van der Waals surface area contributed by atoms with Crippen LogP contribution in [-0.4, -0.2) is 183 Å². The smallest absolute Gasteiger partial charge is 0.410 e. The largest absolute Gasteiger partial charge is 0.444 e. The summed E-state index contributed by atoms with van der Waals surface area (Å²) in [5.41, 5.74) is -5.33. The van der Waals surface area contributed by atoms with Crippen LogP contribution in [0.4, 0.5) is 34.5 Å². The lowest BCUT2D eigenvalue weighted by Crippen LogP contribution is -2.55. The number of ether oxygens (including phenoxy) is 6. The molecule has 1 aromatic rings. The van der Waals surface area contributed by atoms with Gasteiger partial charge in [-0.1, -0.05) is 12.1 Å². The van der Waals surface area contributed by atoms with E-state index in [0.717, 1.165) is 0 Å². The van der Waals surface area contributed by atoms with Crippen LogP contribution in [0.5, 0.6) is 0 Å². The first-order chi connectivity index (χ1) is 31.7. The van der Waals surface area contributed by atoms with E-state index in [1.165, 1.54) is 41.5 Å². The predicted octanol–water partition coefficient (Wildman–Crippen LogP) is 8.94. The third-order valence-corrected chi connectivity index (χ3v) is 9.55. The van der Waals surface area contributed by atoms with Gasteiger partial charge in [-0.05, 0) is 137 Å². The number of amides is 6. The van der Waals surface area contributed by atoms with Gasteiger partial charge in [0.05, 0.1) is 11.0 Å². The van der Waals surface area contributed by atoms with Crippen LogP contribution < -0.4 is 0 Å². The maximum Gasteiger partial charge on any atom is 0.410 e. The zero-order valence-electron chi connectivity index (χ0n) is 45.2. The molecule has 0 aromatic heterocycles. The van der Waals surface area contributed by atoms with Gasteiger partial charge in [-0.25, -0.2) is 28.8 Å². The molecule has 1 heterocycles. The van der Waals surface area contributed by atoms with Crippen molar-refractivity contribution in [1.29, 1.82) is 0 Å². The molecule has 70 heavy (non-hydrogen) atoms. The number of carbonyl (C=O) groups is 6. The molecule has 6 amide bonds. The Morgan fingerprint density at radius 2 is 0.671 bits per heavy atom. The number of hydrogen-bond acceptors (Lipinski definition) is 14. The van der Waals surface area contributed by atoms with Gasteiger partial charge in [0.25, 0.3) is 5.69 Å². The van der Waals surface area contributed by atoms with Crippen molar-refractivity contribution < 1.29 is 62.1 Å². The topological polar surface area (TPSA) is 220 Å². The normalized spacial score (nSPS) is 17.1. The van der Waals surface area contributed by atoms with Gasteiger partial charge in [-0.2, -0.15) is 0 Å². The molecule has 2 rings (SSSR count). The van der Waals surface area contributed by atoms with Crippen LogP contribution in [0.1, 0.15) is 130 Å². The number of nitrogens with zero attached hydrogens (tertiary/aromatic N) is 7. The quantitative estimate of drug-likeness (QED) is 0.157. The lowest BCUT2D eigenvalue weighted by Gasteiger charge is -2.39. The van der Waals surface area contributed by atoms with Crippen LogP contribution >= 0.6 is 0 Å². The fraction of sp³-hybridized carbons (Fsp3) is 0.755. The molecule has 1 aliphatic heterocycles. The van der Waals surface area contributed by atoms with Crippen molar-refractivity contribution in [3.63, 3.8) is 0 Å². The molecule has 0 saturated carbocycles. The van der Waals surface area contributed by atoms with E-state index in [2.05, 4.69) is 0 Å². The summed E-state index contributed by atoms with van der Waals surface area (Å²) in [6.07, 6.45) is -4.51. The lowest BCUT2D eigenvalue weighted by atomic mass is 10.0. The van der Waals surface area contributed by atoms with E-state index in [9.17, 15) is 38.9 Å². The van der Waals surface area contributed by atoms with Gasteiger partial charge in [0, 0.05) is 84.1 Å². The zero-order chi connectivity index (χ0) is 53.8. The Kier molecular flexibility index (Phi) is 21.0. The van der Waals surface area contributed by atoms with Crippen LogP contribution in [0.3, 0.4) is 0 Å². The first-order valence-electron chi connectivity index (χ1n) is 23.8. The molecule has 1 aliphatic rings. The van der Waals surface area contributed by atoms with E-state index < -0.39 is 81.1 Å². The Morgan fingerprint density at radius 1 is 0.429 bits per heavy atom. The molecule has 21 nitrogen and oxygen atoms in total. The molecule has 0 radical (unpaired) electrons. The van der Waals surface area contributed by atoms with E-state index in [4.69, 9.17) is 28.4 Å². The number of nitro groups is 1. The second-order valence-corrected chi connectivity index (χ2v) is 23.3. The Balaban J connectivity index is 3.03. The van der Waals surface area contributed by atoms with Gasteiger partial charge in [-0.15, -0.1) is 0 Å². The maximum atomic E-state index is 14.6. The van der Waals surface area contributed by atoms with Crippen molar-refractivity contribution in [2.24, 2.45) is 0 Å². The maximum absolute atomic E-state index is 14.6. The van der Waals surface area contributed by atoms with Gasteiger partial charge >= 0.3 is 36.6 Å². The van der Waals surface area contributed by atoms with Gasteiger partial charge in [0.15, 0.2) is 0 Å². The summed E-state index contributed by atoms with van der Waals surface area (Å²) in [5, 5.41) is 11.7. The zero-order valence-corrected chi connectivity index (χ0v) is 45.2. The molecule has 1 saturated heterocycles. The van der Waals surface area contributed by atoms with Gasteiger partial charge in [0.2, 0.25) is 0 Å². The highest BCUT2D eigenvalue weighted by molar-refractivity contribution is 5.72. The first-order valence-corrected chi connectivity index (χ1v) is 23.8. The number of non-ortho nitro benzene ring substituents is 1. The molecule has 0 bridgehead atoms. The summed E-state index contributed by atoms with van der Waals surface area (Å²) in [6, 6.07) is 4.81. The average molecular weight is 994 g/mol. The number of nitro benzene ring substituents is 1. The number of benzene rings is 1. The summed E-state index contributed by atoms with van der Waals surface area (Å²) in [5.74, 6) is 0. The molecule has 398 valence electrons. The Bertz CT molecular complexity index is 1940. The Labute approximate surface area is 415 Å². The van der Waals surface area contributed by atoms with Crippen LogP contribution in [0.25, 0.3) is 0 Å². The molecule has 1 aromatic carbocycles. The molecular formula is C49H83N7O14. The molecular weight excluding hydrogens is 911 g/mol. The summed E-state index contributed by atoms with van der Waals surface area (Å²) >= 11 is 0. The fourth-order valence-electron chi connectivity index (χ4n) is 6.56. The molecule has 0 spiro atoms. The van der Waals surface area contributed by atoms with Crippen LogP contribution in [0, 0.1) is 10.1 Å². The van der Waals surface area contributed by atoms with Gasteiger partial charge < -0.3 is 57.8 Å². The molecule has 21 heteroatoms. The number of rotatable bonds is 3. The average Bonchev–Trinajstić information content (AvgIpc) is 3.13. The minimum absolute atomic E-state index is 0.0238. The highest BCUT2D eigenvalue weighted by Gasteiger charge is 2.36. The van der Waals surface area contributed by atoms with Crippen molar-refractivity contribution >= 4 is 42.2 Å². The van der Waals surface area contributed by atoms with Crippen molar-refractivity contribution in [2.75, 3.05) is 72.0 Å². The van der Waals surface area contributed by atoms with Crippen molar-refractivity contribution in [1.82, 2.24) is 29.4 Å². The highest BCUT2D eigenvalue weighted by atomic mass is 16.6. The van der Waals surface area contributed by atoms with Gasteiger partial charge in [-0.3, -0.25) is 10.1 Å². The van der Waals surface area contributed by atoms with Gasteiger partial charge in [0.1, 0.15) is 33.6 Å². The van der Waals surface area contributed by atoms with Crippen LogP contribution in [0.15, 0.2) is 24.3 Å². The van der Waals surface area contributed by atoms with Crippen molar-refractivity contribution in [3.05, 3.63) is 39.9 Å². The minimum atomic E-state index is -1.01. The Hall–Kier alpha value is -5.76. The van der Waals surface area contributed by atoms with E-state index in [-0.39, 0.29) is 84.1 Å². The molecule has 1 unspecified atom stereocenters. The fourth-order valence-corrected chi connectivity index (χ4v) is 6.56. The number of carbonyl (C=O) groups excluding carboxylic acids is 6. The monoisotopic (exact) mass is 994 g/mol. The summed E-state index contributed by atoms with van der Waals surface area (Å²) < 4.78 is 35.2. The molecule has 1 fully saturated rings. The van der Waals surface area contributed by atoms with Crippen LogP contribution in [0.2, 0.25) is 0 Å². The first kappa shape index (κ1) is 60.4. The lowest BCUT2D eigenvalue weighted by molar-refractivity contribution is -0.384. The third kappa shape index (κ3) is 23.7. The third-order valence-electron chi connectivity index (χ3n) is 9.55. The van der Waals surface area contributed by atoms with Crippen molar-refractivity contribution in [2.45, 2.75) is 171 Å². The molecule has 0 aliphatic carbocycles. The van der Waals surface area contributed by atoms with E-state index >= 15 is 0 Å². The summed E-state index contributed by atoms with van der Waals surface area (Å²) in [6.45, 7) is 29.1. The van der Waals surface area contributed by atoms with E-state index in [1.54, 1.807) is 137 Å². The second-order valence-electron chi connectivity index (χ2n) is 23.3. The summed E-state index contributed by atoms with van der Waals surface area (Å²) in [7, 11) is 0. The second kappa shape index (κ2) is 24.4. The molecule has 0 N–H and O–H groups in total. The standard InChI is InChI=1S/C49H83N7O14/c1-44(2,3)65-38(57)50-23-24-51(39(58)66-45(4,5)6)27-28-53(41(60)68-47(10,11)12)31-32-55(43(62)70-49(16,17)18)37(33-35-19-21-36(22-20-35)56(63)64)34-54(42(61)69-48(13,14)15)30-29-52(26-25-50)40(59)67-46(7,8)9/h19-22,37H,23-34H2,1-18H3. The van der Waals surface area contributed by atoms with Crippen LogP contribution in [-0.2, 0) is 34.8 Å². The van der Waals surface area contributed by atoms with Crippen molar-refractivity contribution in [3.8, 4) is 0 Å². The Morgan fingerprint density at radius 3 is 0.943 bits per heavy atom. The number of hydrogen-bond donors (Lipinski definition) is 0. The minimum Gasteiger partial charge on any atom is -0.444 e. The SMILES string of the molecule is CC(C)(C)OC(=O)N1CCN(C(=O)OC(C)(C)C)CCN(C(=O)OC(C)(C)C)CCN(C(=O)OC(C)(C)C)C(Cc2ccc([N+](=O)[O-])cc2)CN(C(=O)OC(C)(C)C)CCN(C(=O)OC(C)(C)C)CC1.